The molecule has 1 heterocycles. The Balaban J connectivity index is 1.82. The van der Waals surface area contributed by atoms with Gasteiger partial charge < -0.3 is 10.1 Å². The first-order valence-electron chi connectivity index (χ1n) is 6.72. The number of rotatable bonds is 6. The smallest absolute Gasteiger partial charge is 0.330 e. The number of hydrogen-bond acceptors (Lipinski definition) is 4. The van der Waals surface area contributed by atoms with Crippen LogP contribution in [0.15, 0.2) is 54.9 Å². The Morgan fingerprint density at radius 3 is 2.62 bits per heavy atom. The average Bonchev–Trinajstić information content (AvgIpc) is 2.55. The highest BCUT2D eigenvalue weighted by atomic mass is 16.5. The van der Waals surface area contributed by atoms with Crippen molar-refractivity contribution >= 4 is 12.0 Å². The van der Waals surface area contributed by atoms with E-state index in [2.05, 4.69) is 15.0 Å². The van der Waals surface area contributed by atoms with Gasteiger partial charge in [0, 0.05) is 31.6 Å². The maximum atomic E-state index is 11.0. The summed E-state index contributed by atoms with van der Waals surface area (Å²) in [5, 5.41) is 3.36. The van der Waals surface area contributed by atoms with Crippen LogP contribution >= 0.6 is 0 Å². The van der Waals surface area contributed by atoms with Gasteiger partial charge in [-0.05, 0) is 28.8 Å². The van der Waals surface area contributed by atoms with E-state index in [1.54, 1.807) is 12.3 Å². The summed E-state index contributed by atoms with van der Waals surface area (Å²) in [6.45, 7) is 1.58. The third-order valence-corrected chi connectivity index (χ3v) is 2.97. The summed E-state index contributed by atoms with van der Waals surface area (Å²) >= 11 is 0. The van der Waals surface area contributed by atoms with Gasteiger partial charge in [0.25, 0.3) is 0 Å². The van der Waals surface area contributed by atoms with Crippen LogP contribution in [0.3, 0.4) is 0 Å². The molecule has 0 spiro atoms. The lowest BCUT2D eigenvalue weighted by Gasteiger charge is -2.05. The van der Waals surface area contributed by atoms with Gasteiger partial charge in [-0.25, -0.2) is 4.79 Å². The molecule has 0 aliphatic carbocycles. The van der Waals surface area contributed by atoms with E-state index in [0.717, 1.165) is 24.2 Å². The molecule has 0 amide bonds. The number of pyridine rings is 1. The van der Waals surface area contributed by atoms with E-state index >= 15 is 0 Å². The molecule has 108 valence electrons. The van der Waals surface area contributed by atoms with Crippen LogP contribution in [0.1, 0.15) is 16.7 Å². The number of nitrogens with one attached hydrogen (secondary N) is 1. The third-order valence-electron chi connectivity index (χ3n) is 2.97. The molecule has 0 fully saturated rings. The van der Waals surface area contributed by atoms with Crippen LogP contribution in [0.25, 0.3) is 6.08 Å². The Morgan fingerprint density at radius 1 is 1.19 bits per heavy atom. The summed E-state index contributed by atoms with van der Waals surface area (Å²) in [6, 6.07) is 12.0. The number of benzene rings is 1. The summed E-state index contributed by atoms with van der Waals surface area (Å²) in [5.41, 5.74) is 3.32. The van der Waals surface area contributed by atoms with Gasteiger partial charge in [-0.2, -0.15) is 0 Å². The molecule has 4 nitrogen and oxygen atoms in total. The molecule has 0 bridgehead atoms. The van der Waals surface area contributed by atoms with Crippen molar-refractivity contribution in [1.29, 1.82) is 0 Å². The number of ether oxygens (including phenoxy) is 1. The van der Waals surface area contributed by atoms with Crippen LogP contribution in [-0.2, 0) is 22.6 Å². The first-order chi connectivity index (χ1) is 10.3. The standard InChI is InChI=1S/C17H18N2O2/c1-21-17(20)9-8-14-4-6-15(7-5-14)11-19-13-16-3-2-10-18-12-16/h2-10,12,19H,11,13H2,1H3/b9-8+. The summed E-state index contributed by atoms with van der Waals surface area (Å²) in [6.07, 6.45) is 6.77. The van der Waals surface area contributed by atoms with E-state index in [4.69, 9.17) is 0 Å². The van der Waals surface area contributed by atoms with Crippen molar-refractivity contribution in [3.8, 4) is 0 Å². The number of nitrogens with zero attached hydrogens (tertiary/aromatic N) is 1. The highest BCUT2D eigenvalue weighted by Crippen LogP contribution is 2.07. The number of carbonyl (C=O) groups is 1. The average molecular weight is 282 g/mol. The molecular weight excluding hydrogens is 264 g/mol. The molecule has 0 unspecified atom stereocenters. The Kier molecular flexibility index (Phi) is 5.67. The highest BCUT2D eigenvalue weighted by molar-refractivity contribution is 5.86. The molecular formula is C17H18N2O2. The van der Waals surface area contributed by atoms with Gasteiger partial charge in [0.15, 0.2) is 0 Å². The summed E-state index contributed by atoms with van der Waals surface area (Å²) < 4.78 is 4.55. The molecule has 0 radical (unpaired) electrons. The molecule has 0 saturated carbocycles. The van der Waals surface area contributed by atoms with Gasteiger partial charge in [0.05, 0.1) is 7.11 Å². The van der Waals surface area contributed by atoms with E-state index in [0.29, 0.717) is 0 Å². The molecule has 0 aliphatic rings. The normalized spacial score (nSPS) is 10.7. The van der Waals surface area contributed by atoms with Crippen LogP contribution in [0, 0.1) is 0 Å². The number of esters is 1. The van der Waals surface area contributed by atoms with Gasteiger partial charge in [-0.15, -0.1) is 0 Å². The quantitative estimate of drug-likeness (QED) is 0.653. The van der Waals surface area contributed by atoms with Crippen LogP contribution in [-0.4, -0.2) is 18.1 Å². The summed E-state index contributed by atoms with van der Waals surface area (Å²) in [7, 11) is 1.36. The summed E-state index contributed by atoms with van der Waals surface area (Å²) in [4.78, 5) is 15.1. The zero-order valence-electron chi connectivity index (χ0n) is 12.0. The van der Waals surface area contributed by atoms with E-state index < -0.39 is 0 Å². The Bertz CT molecular complexity index is 592. The number of methoxy groups -OCH3 is 1. The topological polar surface area (TPSA) is 51.2 Å². The highest BCUT2D eigenvalue weighted by Gasteiger charge is 1.96. The Morgan fingerprint density at radius 2 is 1.95 bits per heavy atom. The maximum Gasteiger partial charge on any atom is 0.330 e. The largest absolute Gasteiger partial charge is 0.466 e. The molecule has 2 rings (SSSR count). The van der Waals surface area contributed by atoms with Crippen molar-refractivity contribution in [3.05, 3.63) is 71.6 Å². The van der Waals surface area contributed by atoms with Gasteiger partial charge in [-0.3, -0.25) is 4.98 Å². The van der Waals surface area contributed by atoms with Crippen molar-refractivity contribution in [2.75, 3.05) is 7.11 Å². The minimum absolute atomic E-state index is 0.350. The minimum atomic E-state index is -0.350. The molecule has 2 aromatic rings. The molecule has 0 saturated heterocycles. The van der Waals surface area contributed by atoms with Crippen LogP contribution in [0.5, 0.6) is 0 Å². The fraction of sp³-hybridized carbons (Fsp3) is 0.176. The Hall–Kier alpha value is -2.46. The van der Waals surface area contributed by atoms with Gasteiger partial charge >= 0.3 is 5.97 Å². The van der Waals surface area contributed by atoms with Crippen molar-refractivity contribution in [3.63, 3.8) is 0 Å². The molecule has 0 aliphatic heterocycles. The molecule has 1 N–H and O–H groups in total. The minimum Gasteiger partial charge on any atom is -0.466 e. The van der Waals surface area contributed by atoms with Crippen LogP contribution in [0.4, 0.5) is 0 Å². The van der Waals surface area contributed by atoms with Crippen LogP contribution in [0.2, 0.25) is 0 Å². The van der Waals surface area contributed by atoms with E-state index in [-0.39, 0.29) is 5.97 Å². The number of hydrogen-bond donors (Lipinski definition) is 1. The second-order valence-corrected chi connectivity index (χ2v) is 4.56. The van der Waals surface area contributed by atoms with Crippen molar-refractivity contribution < 1.29 is 9.53 Å². The number of aromatic nitrogens is 1. The molecule has 4 heteroatoms. The molecule has 1 aromatic heterocycles. The third kappa shape index (κ3) is 5.20. The second kappa shape index (κ2) is 7.97. The molecule has 1 aromatic carbocycles. The maximum absolute atomic E-state index is 11.0. The molecule has 21 heavy (non-hydrogen) atoms. The SMILES string of the molecule is COC(=O)/C=C/c1ccc(CNCc2cccnc2)cc1. The first kappa shape index (κ1) is 14.9. The lowest BCUT2D eigenvalue weighted by molar-refractivity contribution is -0.134. The van der Waals surface area contributed by atoms with Gasteiger partial charge in [0.2, 0.25) is 0 Å². The summed E-state index contributed by atoms with van der Waals surface area (Å²) in [5.74, 6) is -0.350. The Labute approximate surface area is 124 Å². The zero-order valence-corrected chi connectivity index (χ0v) is 12.0. The van der Waals surface area contributed by atoms with E-state index in [1.807, 2.05) is 42.6 Å². The van der Waals surface area contributed by atoms with Gasteiger partial charge in [0.1, 0.15) is 0 Å². The first-order valence-corrected chi connectivity index (χ1v) is 6.72. The molecule has 0 atom stereocenters. The van der Waals surface area contributed by atoms with Gasteiger partial charge in [-0.1, -0.05) is 30.3 Å². The fourth-order valence-electron chi connectivity index (χ4n) is 1.83. The van der Waals surface area contributed by atoms with Crippen molar-refractivity contribution in [2.45, 2.75) is 13.1 Å². The van der Waals surface area contributed by atoms with E-state index in [9.17, 15) is 4.79 Å². The zero-order chi connectivity index (χ0) is 14.9. The monoisotopic (exact) mass is 282 g/mol. The fourth-order valence-corrected chi connectivity index (χ4v) is 1.83. The predicted octanol–water partition coefficient (Wildman–Crippen LogP) is 2.56. The lowest BCUT2D eigenvalue weighted by Crippen LogP contribution is -2.12. The lowest BCUT2D eigenvalue weighted by atomic mass is 10.1. The van der Waals surface area contributed by atoms with E-state index in [1.165, 1.54) is 18.7 Å². The van der Waals surface area contributed by atoms with Crippen molar-refractivity contribution in [1.82, 2.24) is 10.3 Å². The second-order valence-electron chi connectivity index (χ2n) is 4.56. The number of carbonyl (C=O) groups excluding carboxylic acids is 1. The van der Waals surface area contributed by atoms with Crippen molar-refractivity contribution in [2.24, 2.45) is 0 Å². The predicted molar refractivity (Wildman–Crippen MR) is 82.3 cm³/mol. The van der Waals surface area contributed by atoms with Crippen LogP contribution < -0.4 is 5.32 Å².